The monoisotopic (exact) mass is 293 g/mol. The van der Waals surface area contributed by atoms with Gasteiger partial charge in [-0.2, -0.15) is 0 Å². The number of carboxylic acid groups (broad SMARTS) is 1. The van der Waals surface area contributed by atoms with E-state index in [2.05, 4.69) is 5.32 Å². The van der Waals surface area contributed by atoms with Crippen molar-refractivity contribution in [3.8, 4) is 5.75 Å². The molecule has 5 N–H and O–H groups in total. The van der Waals surface area contributed by atoms with Crippen LogP contribution in [-0.2, 0) is 4.79 Å². The summed E-state index contributed by atoms with van der Waals surface area (Å²) in [5.41, 5.74) is 5.20. The highest BCUT2D eigenvalue weighted by atomic mass is 16.4. The van der Waals surface area contributed by atoms with Gasteiger partial charge in [-0.15, -0.1) is 0 Å². The van der Waals surface area contributed by atoms with Gasteiger partial charge in [0.15, 0.2) is 0 Å². The lowest BCUT2D eigenvalue weighted by molar-refractivity contribution is -0.121. The SMILES string of the molecule is NC(=O)C1CCCN1C(=O)Nc1ccc(C(=O)O)c(O)c1. The lowest BCUT2D eigenvalue weighted by atomic mass is 10.2. The molecule has 1 aliphatic rings. The Morgan fingerprint density at radius 2 is 2.05 bits per heavy atom. The van der Waals surface area contributed by atoms with Crippen molar-refractivity contribution in [2.45, 2.75) is 18.9 Å². The number of nitrogens with zero attached hydrogens (tertiary/aromatic N) is 1. The van der Waals surface area contributed by atoms with Crippen LogP contribution in [0.5, 0.6) is 5.75 Å². The number of phenols is 1. The molecule has 8 nitrogen and oxygen atoms in total. The number of carbonyl (C=O) groups is 3. The molecule has 1 aromatic rings. The van der Waals surface area contributed by atoms with Crippen molar-refractivity contribution in [3.05, 3.63) is 23.8 Å². The first-order valence-electron chi connectivity index (χ1n) is 6.33. The Kier molecular flexibility index (Phi) is 3.97. The number of carbonyl (C=O) groups excluding carboxylic acids is 2. The van der Waals surface area contributed by atoms with E-state index in [1.54, 1.807) is 0 Å². The molecule has 0 saturated carbocycles. The fourth-order valence-electron chi connectivity index (χ4n) is 2.29. The molecule has 0 spiro atoms. The van der Waals surface area contributed by atoms with E-state index in [4.69, 9.17) is 10.8 Å². The Morgan fingerprint density at radius 3 is 2.62 bits per heavy atom. The zero-order chi connectivity index (χ0) is 15.6. The van der Waals surface area contributed by atoms with E-state index < -0.39 is 29.7 Å². The van der Waals surface area contributed by atoms with Gasteiger partial charge in [-0.05, 0) is 25.0 Å². The predicted octanol–water partition coefficient (Wildman–Crippen LogP) is 0.572. The summed E-state index contributed by atoms with van der Waals surface area (Å²) in [6.45, 7) is 0.415. The maximum atomic E-state index is 12.1. The van der Waals surface area contributed by atoms with Crippen LogP contribution in [0.25, 0.3) is 0 Å². The lowest BCUT2D eigenvalue weighted by Gasteiger charge is -2.22. The number of urea groups is 1. The maximum absolute atomic E-state index is 12.1. The Labute approximate surface area is 120 Å². The highest BCUT2D eigenvalue weighted by Crippen LogP contribution is 2.23. The number of rotatable bonds is 3. The van der Waals surface area contributed by atoms with Gasteiger partial charge in [0.25, 0.3) is 0 Å². The molecule has 0 bridgehead atoms. The molecular formula is C13H15N3O5. The first-order chi connectivity index (χ1) is 9.90. The van der Waals surface area contributed by atoms with Gasteiger partial charge in [0.1, 0.15) is 17.4 Å². The van der Waals surface area contributed by atoms with E-state index in [1.807, 2.05) is 0 Å². The Morgan fingerprint density at radius 1 is 1.33 bits per heavy atom. The molecule has 1 heterocycles. The van der Waals surface area contributed by atoms with Gasteiger partial charge in [-0.1, -0.05) is 0 Å². The van der Waals surface area contributed by atoms with Crippen molar-refractivity contribution < 1.29 is 24.6 Å². The first-order valence-corrected chi connectivity index (χ1v) is 6.33. The molecule has 1 aliphatic heterocycles. The number of benzene rings is 1. The van der Waals surface area contributed by atoms with E-state index in [0.717, 1.165) is 6.07 Å². The van der Waals surface area contributed by atoms with Gasteiger partial charge in [-0.25, -0.2) is 9.59 Å². The average molecular weight is 293 g/mol. The topological polar surface area (TPSA) is 133 Å². The van der Waals surface area contributed by atoms with Crippen LogP contribution in [0.4, 0.5) is 10.5 Å². The molecule has 3 amide bonds. The zero-order valence-corrected chi connectivity index (χ0v) is 11.1. The van der Waals surface area contributed by atoms with Gasteiger partial charge in [0.05, 0.1) is 0 Å². The summed E-state index contributed by atoms with van der Waals surface area (Å²) in [7, 11) is 0. The minimum absolute atomic E-state index is 0.234. The third-order valence-corrected chi connectivity index (χ3v) is 3.32. The summed E-state index contributed by atoms with van der Waals surface area (Å²) >= 11 is 0. The zero-order valence-electron chi connectivity index (χ0n) is 11.1. The van der Waals surface area contributed by atoms with Gasteiger partial charge < -0.3 is 26.2 Å². The molecule has 1 atom stereocenters. The van der Waals surface area contributed by atoms with Crippen LogP contribution in [-0.4, -0.2) is 45.6 Å². The molecule has 21 heavy (non-hydrogen) atoms. The van der Waals surface area contributed by atoms with Crippen LogP contribution in [0.2, 0.25) is 0 Å². The van der Waals surface area contributed by atoms with Crippen LogP contribution >= 0.6 is 0 Å². The fraction of sp³-hybridized carbons (Fsp3) is 0.308. The minimum atomic E-state index is -1.27. The number of primary amides is 1. The third-order valence-electron chi connectivity index (χ3n) is 3.32. The molecule has 112 valence electrons. The second kappa shape index (κ2) is 5.70. The summed E-state index contributed by atoms with van der Waals surface area (Å²) in [6, 6.07) is 2.52. The van der Waals surface area contributed by atoms with Crippen LogP contribution in [0, 0.1) is 0 Å². The Hall–Kier alpha value is -2.77. The number of hydrogen-bond donors (Lipinski definition) is 4. The smallest absolute Gasteiger partial charge is 0.339 e. The van der Waals surface area contributed by atoms with Gasteiger partial charge >= 0.3 is 12.0 Å². The number of aromatic carboxylic acids is 1. The number of nitrogens with one attached hydrogen (secondary N) is 1. The van der Waals surface area contributed by atoms with Crippen LogP contribution < -0.4 is 11.1 Å². The summed E-state index contributed by atoms with van der Waals surface area (Å²) in [4.78, 5) is 35.4. The molecule has 8 heteroatoms. The van der Waals surface area contributed by atoms with Crippen molar-refractivity contribution in [1.82, 2.24) is 4.90 Å². The van der Waals surface area contributed by atoms with Crippen molar-refractivity contribution in [2.75, 3.05) is 11.9 Å². The Balaban J connectivity index is 2.11. The largest absolute Gasteiger partial charge is 0.507 e. The predicted molar refractivity (Wildman–Crippen MR) is 73.0 cm³/mol. The van der Waals surface area contributed by atoms with E-state index in [0.29, 0.717) is 19.4 Å². The van der Waals surface area contributed by atoms with Gasteiger partial charge in [-0.3, -0.25) is 4.79 Å². The molecule has 1 saturated heterocycles. The Bertz CT molecular complexity index is 601. The van der Waals surface area contributed by atoms with Crippen molar-refractivity contribution >= 4 is 23.6 Å². The van der Waals surface area contributed by atoms with Crippen LogP contribution in [0.1, 0.15) is 23.2 Å². The minimum Gasteiger partial charge on any atom is -0.507 e. The molecular weight excluding hydrogens is 278 g/mol. The summed E-state index contributed by atoms with van der Waals surface area (Å²) in [5, 5.41) is 20.9. The fourth-order valence-corrected chi connectivity index (χ4v) is 2.29. The van der Waals surface area contributed by atoms with Gasteiger partial charge in [0, 0.05) is 18.3 Å². The summed E-state index contributed by atoms with van der Waals surface area (Å²) in [6.07, 6.45) is 1.20. The molecule has 2 rings (SSSR count). The van der Waals surface area contributed by atoms with Crippen LogP contribution in [0.15, 0.2) is 18.2 Å². The van der Waals surface area contributed by atoms with Crippen molar-refractivity contribution in [1.29, 1.82) is 0 Å². The number of nitrogens with two attached hydrogens (primary N) is 1. The molecule has 0 radical (unpaired) electrons. The molecule has 1 fully saturated rings. The standard InChI is InChI=1S/C13H15N3O5/c14-11(18)9-2-1-5-16(9)13(21)15-7-3-4-8(12(19)20)10(17)6-7/h3-4,6,9,17H,1-2,5H2,(H2,14,18)(H,15,21)(H,19,20). The number of anilines is 1. The van der Waals surface area contributed by atoms with E-state index in [1.165, 1.54) is 17.0 Å². The highest BCUT2D eigenvalue weighted by molar-refractivity contribution is 5.95. The number of aromatic hydroxyl groups is 1. The van der Waals surface area contributed by atoms with Crippen molar-refractivity contribution in [3.63, 3.8) is 0 Å². The van der Waals surface area contributed by atoms with E-state index >= 15 is 0 Å². The second-order valence-corrected chi connectivity index (χ2v) is 4.72. The number of carboxylic acids is 1. The van der Waals surface area contributed by atoms with Gasteiger partial charge in [0.2, 0.25) is 5.91 Å². The summed E-state index contributed by atoms with van der Waals surface area (Å²) < 4.78 is 0. The highest BCUT2D eigenvalue weighted by Gasteiger charge is 2.32. The summed E-state index contributed by atoms with van der Waals surface area (Å²) in [5.74, 6) is -2.28. The number of hydrogen-bond acceptors (Lipinski definition) is 4. The molecule has 0 aliphatic carbocycles. The number of amides is 3. The average Bonchev–Trinajstić information content (AvgIpc) is 2.87. The van der Waals surface area contributed by atoms with Crippen molar-refractivity contribution in [2.24, 2.45) is 5.73 Å². The quantitative estimate of drug-likeness (QED) is 0.646. The van der Waals surface area contributed by atoms with E-state index in [9.17, 15) is 19.5 Å². The molecule has 1 unspecified atom stereocenters. The molecule has 1 aromatic carbocycles. The normalized spacial score (nSPS) is 17.5. The second-order valence-electron chi connectivity index (χ2n) is 4.72. The lowest BCUT2D eigenvalue weighted by Crippen LogP contribution is -2.45. The maximum Gasteiger partial charge on any atom is 0.339 e. The third kappa shape index (κ3) is 3.04. The number of likely N-dealkylation sites (tertiary alicyclic amines) is 1. The first kappa shape index (κ1) is 14.6. The van der Waals surface area contributed by atoms with Crippen LogP contribution in [0.3, 0.4) is 0 Å². The van der Waals surface area contributed by atoms with E-state index in [-0.39, 0.29) is 11.3 Å². The molecule has 0 aromatic heterocycles.